The lowest BCUT2D eigenvalue weighted by atomic mass is 9.97. The van der Waals surface area contributed by atoms with Crippen molar-refractivity contribution in [3.63, 3.8) is 0 Å². The molecule has 0 saturated carbocycles. The van der Waals surface area contributed by atoms with Crippen molar-refractivity contribution < 1.29 is 19.0 Å². The SMILES string of the molecule is CCOc1ccc(CNC(=O)[C@H]2CCCN(c3nccnc3Oc3ccc(C)cc3)C2)cc1OCC. The van der Waals surface area contributed by atoms with Gasteiger partial charge in [-0.05, 0) is 63.4 Å². The number of amides is 1. The first-order valence-electron chi connectivity index (χ1n) is 12.5. The summed E-state index contributed by atoms with van der Waals surface area (Å²) < 4.78 is 17.4. The van der Waals surface area contributed by atoms with Gasteiger partial charge in [-0.1, -0.05) is 23.8 Å². The van der Waals surface area contributed by atoms with E-state index in [-0.39, 0.29) is 11.8 Å². The largest absolute Gasteiger partial charge is 0.490 e. The predicted octanol–water partition coefficient (Wildman–Crippen LogP) is 4.91. The number of rotatable bonds is 10. The van der Waals surface area contributed by atoms with E-state index in [0.29, 0.717) is 55.2 Å². The van der Waals surface area contributed by atoms with Crippen molar-refractivity contribution in [2.24, 2.45) is 5.92 Å². The minimum Gasteiger partial charge on any atom is -0.490 e. The lowest BCUT2D eigenvalue weighted by molar-refractivity contribution is -0.125. The Morgan fingerprint density at radius 1 is 1.03 bits per heavy atom. The van der Waals surface area contributed by atoms with Gasteiger partial charge in [0.25, 0.3) is 5.88 Å². The molecule has 0 unspecified atom stereocenters. The van der Waals surface area contributed by atoms with Gasteiger partial charge in [-0.15, -0.1) is 0 Å². The fraction of sp³-hybridized carbons (Fsp3) is 0.393. The van der Waals surface area contributed by atoms with Crippen LogP contribution in [0.1, 0.15) is 37.8 Å². The van der Waals surface area contributed by atoms with Crippen molar-refractivity contribution in [1.29, 1.82) is 0 Å². The fourth-order valence-electron chi connectivity index (χ4n) is 4.25. The lowest BCUT2D eigenvalue weighted by Gasteiger charge is -2.33. The molecule has 4 rings (SSSR count). The number of hydrogen-bond acceptors (Lipinski definition) is 7. The zero-order chi connectivity index (χ0) is 25.3. The number of aromatic nitrogens is 2. The molecule has 8 nitrogen and oxygen atoms in total. The first-order valence-corrected chi connectivity index (χ1v) is 12.5. The molecule has 0 aliphatic carbocycles. The molecule has 1 aliphatic rings. The molecule has 8 heteroatoms. The first kappa shape index (κ1) is 25.3. The highest BCUT2D eigenvalue weighted by Gasteiger charge is 2.28. The summed E-state index contributed by atoms with van der Waals surface area (Å²) in [5.41, 5.74) is 2.12. The van der Waals surface area contributed by atoms with Gasteiger partial charge in [0.2, 0.25) is 5.91 Å². The zero-order valence-corrected chi connectivity index (χ0v) is 21.2. The molecule has 1 aromatic heterocycles. The Hall–Kier alpha value is -3.81. The van der Waals surface area contributed by atoms with Gasteiger partial charge in [-0.3, -0.25) is 4.79 Å². The lowest BCUT2D eigenvalue weighted by Crippen LogP contribution is -2.43. The number of nitrogens with zero attached hydrogens (tertiary/aromatic N) is 3. The summed E-state index contributed by atoms with van der Waals surface area (Å²) in [6.45, 7) is 8.80. The molecule has 2 aromatic carbocycles. The molecule has 0 spiro atoms. The van der Waals surface area contributed by atoms with E-state index in [0.717, 1.165) is 30.5 Å². The zero-order valence-electron chi connectivity index (χ0n) is 21.2. The Bertz CT molecular complexity index is 1150. The number of anilines is 1. The summed E-state index contributed by atoms with van der Waals surface area (Å²) in [4.78, 5) is 24.1. The summed E-state index contributed by atoms with van der Waals surface area (Å²) in [5, 5.41) is 3.09. The molecule has 190 valence electrons. The summed E-state index contributed by atoms with van der Waals surface area (Å²) in [6.07, 6.45) is 4.98. The topological polar surface area (TPSA) is 85.8 Å². The van der Waals surface area contributed by atoms with Crippen molar-refractivity contribution in [3.8, 4) is 23.1 Å². The Morgan fingerprint density at radius 3 is 2.56 bits per heavy atom. The Balaban J connectivity index is 1.39. The van der Waals surface area contributed by atoms with Gasteiger partial charge >= 0.3 is 0 Å². The van der Waals surface area contributed by atoms with E-state index >= 15 is 0 Å². The highest BCUT2D eigenvalue weighted by molar-refractivity contribution is 5.79. The number of piperidine rings is 1. The third kappa shape index (κ3) is 6.44. The number of benzene rings is 2. The molecular formula is C28H34N4O4. The second kappa shape index (κ2) is 12.2. The first-order chi connectivity index (χ1) is 17.6. The van der Waals surface area contributed by atoms with Gasteiger partial charge in [0.05, 0.1) is 19.1 Å². The molecule has 1 N–H and O–H groups in total. The van der Waals surface area contributed by atoms with Crippen LogP contribution in [0, 0.1) is 12.8 Å². The third-order valence-corrected chi connectivity index (χ3v) is 6.05. The number of aryl methyl sites for hydroxylation is 1. The van der Waals surface area contributed by atoms with E-state index < -0.39 is 0 Å². The third-order valence-electron chi connectivity index (χ3n) is 6.05. The molecule has 0 bridgehead atoms. The maximum atomic E-state index is 13.1. The summed E-state index contributed by atoms with van der Waals surface area (Å²) in [7, 11) is 0. The van der Waals surface area contributed by atoms with Crippen molar-refractivity contribution in [3.05, 3.63) is 66.0 Å². The van der Waals surface area contributed by atoms with Crippen molar-refractivity contribution in [2.75, 3.05) is 31.2 Å². The minimum absolute atomic E-state index is 0.0245. The highest BCUT2D eigenvalue weighted by atomic mass is 16.5. The van der Waals surface area contributed by atoms with Gasteiger partial charge in [0.15, 0.2) is 17.3 Å². The van der Waals surface area contributed by atoms with Crippen molar-refractivity contribution in [2.45, 2.75) is 40.2 Å². The van der Waals surface area contributed by atoms with Crippen LogP contribution in [0.3, 0.4) is 0 Å². The van der Waals surface area contributed by atoms with Crippen LogP contribution in [0.4, 0.5) is 5.82 Å². The number of hydrogen-bond donors (Lipinski definition) is 1. The minimum atomic E-state index is -0.151. The maximum Gasteiger partial charge on any atom is 0.263 e. The van der Waals surface area contributed by atoms with Crippen molar-refractivity contribution in [1.82, 2.24) is 15.3 Å². The quantitative estimate of drug-likeness (QED) is 0.432. The second-order valence-electron chi connectivity index (χ2n) is 8.75. The molecule has 3 aromatic rings. The van der Waals surface area contributed by atoms with Gasteiger partial charge in [-0.2, -0.15) is 0 Å². The summed E-state index contributed by atoms with van der Waals surface area (Å²) >= 11 is 0. The van der Waals surface area contributed by atoms with E-state index in [9.17, 15) is 4.79 Å². The molecule has 2 heterocycles. The van der Waals surface area contributed by atoms with Gasteiger partial charge in [-0.25, -0.2) is 9.97 Å². The van der Waals surface area contributed by atoms with Gasteiger partial charge < -0.3 is 24.4 Å². The summed E-state index contributed by atoms with van der Waals surface area (Å²) in [6, 6.07) is 13.6. The van der Waals surface area contributed by atoms with Crippen LogP contribution in [0.25, 0.3) is 0 Å². The normalized spacial score (nSPS) is 15.3. The van der Waals surface area contributed by atoms with E-state index in [1.807, 2.05) is 63.2 Å². The smallest absolute Gasteiger partial charge is 0.263 e. The molecule has 36 heavy (non-hydrogen) atoms. The summed E-state index contributed by atoms with van der Waals surface area (Å²) in [5.74, 6) is 3.08. The van der Waals surface area contributed by atoms with Crippen LogP contribution in [-0.4, -0.2) is 42.2 Å². The van der Waals surface area contributed by atoms with E-state index in [4.69, 9.17) is 14.2 Å². The Morgan fingerprint density at radius 2 is 1.78 bits per heavy atom. The molecular weight excluding hydrogens is 456 g/mol. The Kier molecular flexibility index (Phi) is 8.60. The molecule has 0 radical (unpaired) electrons. The highest BCUT2D eigenvalue weighted by Crippen LogP contribution is 2.32. The van der Waals surface area contributed by atoms with Crippen LogP contribution >= 0.6 is 0 Å². The number of carbonyl (C=O) groups excluding carboxylic acids is 1. The average molecular weight is 491 g/mol. The van der Waals surface area contributed by atoms with E-state index in [2.05, 4.69) is 20.2 Å². The van der Waals surface area contributed by atoms with Gasteiger partial charge in [0.1, 0.15) is 5.75 Å². The molecule has 1 saturated heterocycles. The maximum absolute atomic E-state index is 13.1. The van der Waals surface area contributed by atoms with Crippen LogP contribution < -0.4 is 24.4 Å². The predicted molar refractivity (Wildman–Crippen MR) is 139 cm³/mol. The van der Waals surface area contributed by atoms with Crippen molar-refractivity contribution >= 4 is 11.7 Å². The van der Waals surface area contributed by atoms with E-state index in [1.54, 1.807) is 12.4 Å². The number of carbonyl (C=O) groups is 1. The molecule has 1 fully saturated rings. The van der Waals surface area contributed by atoms with E-state index in [1.165, 1.54) is 0 Å². The molecule has 1 amide bonds. The molecule has 1 atom stereocenters. The average Bonchev–Trinajstić information content (AvgIpc) is 2.90. The van der Waals surface area contributed by atoms with Crippen LogP contribution in [-0.2, 0) is 11.3 Å². The van der Waals surface area contributed by atoms with Gasteiger partial charge in [0, 0.05) is 32.0 Å². The fourth-order valence-corrected chi connectivity index (χ4v) is 4.25. The van der Waals surface area contributed by atoms with Crippen LogP contribution in [0.15, 0.2) is 54.9 Å². The Labute approximate surface area is 212 Å². The van der Waals surface area contributed by atoms with Crippen LogP contribution in [0.2, 0.25) is 0 Å². The molecule has 1 aliphatic heterocycles. The standard InChI is InChI=1S/C28H34N4O4/c1-4-34-24-13-10-21(17-25(24)35-5-2)18-31-27(33)22-7-6-16-32(19-22)26-28(30-15-14-29-26)36-23-11-8-20(3)9-12-23/h8-15,17,22H,4-7,16,18-19H2,1-3H3,(H,31,33)/t22-/m0/s1. The number of ether oxygens (including phenoxy) is 3. The second-order valence-corrected chi connectivity index (χ2v) is 8.75. The van der Waals surface area contributed by atoms with Crippen LogP contribution in [0.5, 0.6) is 23.1 Å². The monoisotopic (exact) mass is 490 g/mol. The number of nitrogens with one attached hydrogen (secondary N) is 1.